The molecule has 1 aliphatic heterocycles. The summed E-state index contributed by atoms with van der Waals surface area (Å²) in [5, 5.41) is 12.6. The lowest BCUT2D eigenvalue weighted by atomic mass is 10.1. The summed E-state index contributed by atoms with van der Waals surface area (Å²) in [5.41, 5.74) is 1.68. The van der Waals surface area contributed by atoms with E-state index in [1.165, 1.54) is 4.90 Å². The molecular formula is C13H12ClN5O2. The number of anilines is 2. The molecule has 2 N–H and O–H groups in total. The highest BCUT2D eigenvalue weighted by atomic mass is 35.5. The molecular weight excluding hydrogens is 294 g/mol. The second-order valence-corrected chi connectivity index (χ2v) is 5.04. The van der Waals surface area contributed by atoms with Gasteiger partial charge in [-0.15, -0.1) is 0 Å². The molecule has 2 aromatic rings. The van der Waals surface area contributed by atoms with Gasteiger partial charge in [0, 0.05) is 24.0 Å². The largest absolute Gasteiger partial charge is 0.465 e. The smallest absolute Gasteiger partial charge is 0.407 e. The number of carboxylic acid groups (broad SMARTS) is 1. The maximum absolute atomic E-state index is 11.0. The van der Waals surface area contributed by atoms with Crippen molar-refractivity contribution in [2.75, 3.05) is 11.9 Å². The third-order valence-electron chi connectivity index (χ3n) is 3.18. The number of fused-ring (bicyclic) bond motifs is 1. The van der Waals surface area contributed by atoms with Gasteiger partial charge in [-0.2, -0.15) is 0 Å². The van der Waals surface area contributed by atoms with Crippen LogP contribution < -0.4 is 5.32 Å². The molecule has 0 atom stereocenters. The van der Waals surface area contributed by atoms with E-state index in [0.29, 0.717) is 35.4 Å². The number of aromatic nitrogens is 3. The van der Waals surface area contributed by atoms with Crippen molar-refractivity contribution in [2.45, 2.75) is 13.0 Å². The van der Waals surface area contributed by atoms with E-state index >= 15 is 0 Å². The van der Waals surface area contributed by atoms with Crippen LogP contribution in [-0.4, -0.2) is 37.6 Å². The quantitative estimate of drug-likeness (QED) is 0.884. The lowest BCUT2D eigenvalue weighted by Gasteiger charge is -2.25. The third kappa shape index (κ3) is 3.03. The van der Waals surface area contributed by atoms with Gasteiger partial charge in [-0.3, -0.25) is 0 Å². The minimum absolute atomic E-state index is 0.269. The molecule has 7 nitrogen and oxygen atoms in total. The zero-order valence-electron chi connectivity index (χ0n) is 11.0. The summed E-state index contributed by atoms with van der Waals surface area (Å²) in [6.45, 7) is 0.735. The number of amides is 1. The van der Waals surface area contributed by atoms with Gasteiger partial charge >= 0.3 is 6.09 Å². The van der Waals surface area contributed by atoms with Crippen molar-refractivity contribution in [1.82, 2.24) is 19.9 Å². The monoisotopic (exact) mass is 305 g/mol. The summed E-state index contributed by atoms with van der Waals surface area (Å²) in [6.07, 6.45) is 2.98. The molecule has 1 amide bonds. The SMILES string of the molecule is O=C(O)N1CCc2cnc(Nc3cc(Cl)ccn3)nc2C1. The summed E-state index contributed by atoms with van der Waals surface area (Å²) in [7, 11) is 0. The molecule has 108 valence electrons. The van der Waals surface area contributed by atoms with Crippen molar-refractivity contribution in [3.8, 4) is 0 Å². The van der Waals surface area contributed by atoms with E-state index in [1.54, 1.807) is 24.5 Å². The van der Waals surface area contributed by atoms with Crippen LogP contribution in [0.4, 0.5) is 16.6 Å². The number of pyridine rings is 1. The van der Waals surface area contributed by atoms with Crippen molar-refractivity contribution in [3.63, 3.8) is 0 Å². The predicted molar refractivity (Wildman–Crippen MR) is 76.7 cm³/mol. The van der Waals surface area contributed by atoms with E-state index in [1.807, 2.05) is 0 Å². The van der Waals surface area contributed by atoms with Crippen molar-refractivity contribution in [1.29, 1.82) is 0 Å². The summed E-state index contributed by atoms with van der Waals surface area (Å²) < 4.78 is 0. The van der Waals surface area contributed by atoms with Crippen LogP contribution in [0.15, 0.2) is 24.5 Å². The highest BCUT2D eigenvalue weighted by Crippen LogP contribution is 2.20. The zero-order valence-corrected chi connectivity index (χ0v) is 11.7. The molecule has 0 radical (unpaired) electrons. The number of hydrogen-bond acceptors (Lipinski definition) is 5. The molecule has 0 aliphatic carbocycles. The van der Waals surface area contributed by atoms with Gasteiger partial charge < -0.3 is 15.3 Å². The van der Waals surface area contributed by atoms with Gasteiger partial charge in [-0.05, 0) is 24.1 Å². The number of nitrogens with one attached hydrogen (secondary N) is 1. The fourth-order valence-corrected chi connectivity index (χ4v) is 2.27. The summed E-state index contributed by atoms with van der Waals surface area (Å²) in [5.74, 6) is 0.907. The average Bonchev–Trinajstić information content (AvgIpc) is 2.46. The molecule has 1 aliphatic rings. The van der Waals surface area contributed by atoms with Crippen molar-refractivity contribution < 1.29 is 9.90 Å². The fraction of sp³-hybridized carbons (Fsp3) is 0.231. The van der Waals surface area contributed by atoms with Gasteiger partial charge in [0.1, 0.15) is 5.82 Å². The summed E-state index contributed by atoms with van der Waals surface area (Å²) >= 11 is 5.89. The fourth-order valence-electron chi connectivity index (χ4n) is 2.11. The first kappa shape index (κ1) is 13.6. The molecule has 8 heteroatoms. The minimum Gasteiger partial charge on any atom is -0.465 e. The van der Waals surface area contributed by atoms with Gasteiger partial charge in [0.25, 0.3) is 0 Å². The highest BCUT2D eigenvalue weighted by molar-refractivity contribution is 6.30. The normalized spacial score (nSPS) is 13.7. The Labute approximate surface area is 125 Å². The Morgan fingerprint density at radius 3 is 3.05 bits per heavy atom. The number of halogens is 1. The molecule has 2 aromatic heterocycles. The van der Waals surface area contributed by atoms with Crippen LogP contribution in [0.25, 0.3) is 0 Å². The standard InChI is InChI=1S/C13H12ClN5O2/c14-9-1-3-15-11(5-9)18-12-16-6-8-2-4-19(13(20)21)7-10(8)17-12/h1,3,5-6H,2,4,7H2,(H,20,21)(H,15,16,17,18). The zero-order chi connectivity index (χ0) is 14.8. The van der Waals surface area contributed by atoms with Crippen LogP contribution in [0.1, 0.15) is 11.3 Å². The summed E-state index contributed by atoms with van der Waals surface area (Å²) in [6, 6.07) is 3.33. The number of rotatable bonds is 2. The van der Waals surface area contributed by atoms with E-state index < -0.39 is 6.09 Å². The van der Waals surface area contributed by atoms with Gasteiger partial charge in [-0.25, -0.2) is 19.7 Å². The molecule has 3 rings (SSSR count). The van der Waals surface area contributed by atoms with Gasteiger partial charge in [-0.1, -0.05) is 11.6 Å². The average molecular weight is 306 g/mol. The predicted octanol–water partition coefficient (Wildman–Crippen LogP) is 2.30. The Bertz CT molecular complexity index is 694. The topological polar surface area (TPSA) is 91.2 Å². The van der Waals surface area contributed by atoms with Crippen LogP contribution in [-0.2, 0) is 13.0 Å². The minimum atomic E-state index is -0.940. The lowest BCUT2D eigenvalue weighted by molar-refractivity contribution is 0.139. The maximum Gasteiger partial charge on any atom is 0.407 e. The number of hydrogen-bond donors (Lipinski definition) is 2. The molecule has 0 fully saturated rings. The van der Waals surface area contributed by atoms with Crippen LogP contribution in [0.3, 0.4) is 0 Å². The Hall–Kier alpha value is -2.41. The van der Waals surface area contributed by atoms with Crippen LogP contribution in [0.5, 0.6) is 0 Å². The molecule has 0 aromatic carbocycles. The van der Waals surface area contributed by atoms with Gasteiger partial charge in [0.2, 0.25) is 5.95 Å². The Morgan fingerprint density at radius 2 is 2.29 bits per heavy atom. The second-order valence-electron chi connectivity index (χ2n) is 4.60. The van der Waals surface area contributed by atoms with Gasteiger partial charge in [0.05, 0.1) is 12.2 Å². The Kier molecular flexibility index (Phi) is 3.57. The first-order valence-electron chi connectivity index (χ1n) is 6.33. The molecule has 0 spiro atoms. The van der Waals surface area contributed by atoms with Crippen LogP contribution in [0.2, 0.25) is 5.02 Å². The maximum atomic E-state index is 11.0. The van der Waals surface area contributed by atoms with E-state index in [9.17, 15) is 4.79 Å². The first-order chi connectivity index (χ1) is 10.1. The van der Waals surface area contributed by atoms with Gasteiger partial charge in [0.15, 0.2) is 0 Å². The molecule has 0 bridgehead atoms. The van der Waals surface area contributed by atoms with Crippen LogP contribution in [0, 0.1) is 0 Å². The highest BCUT2D eigenvalue weighted by Gasteiger charge is 2.21. The van der Waals surface area contributed by atoms with Crippen molar-refractivity contribution in [2.24, 2.45) is 0 Å². The van der Waals surface area contributed by atoms with E-state index in [-0.39, 0.29) is 6.54 Å². The number of carbonyl (C=O) groups is 1. The summed E-state index contributed by atoms with van der Waals surface area (Å²) in [4.78, 5) is 25.0. The Balaban J connectivity index is 1.82. The second kappa shape index (κ2) is 5.53. The van der Waals surface area contributed by atoms with Crippen molar-refractivity contribution in [3.05, 3.63) is 40.8 Å². The van der Waals surface area contributed by atoms with Crippen LogP contribution >= 0.6 is 11.6 Å². The van der Waals surface area contributed by atoms with E-state index in [2.05, 4.69) is 20.3 Å². The molecule has 21 heavy (non-hydrogen) atoms. The number of nitrogens with zero attached hydrogens (tertiary/aromatic N) is 4. The van der Waals surface area contributed by atoms with E-state index in [0.717, 1.165) is 5.56 Å². The molecule has 0 saturated carbocycles. The molecule has 0 unspecified atom stereocenters. The van der Waals surface area contributed by atoms with E-state index in [4.69, 9.17) is 16.7 Å². The molecule has 3 heterocycles. The van der Waals surface area contributed by atoms with Crippen molar-refractivity contribution >= 4 is 29.5 Å². The lowest BCUT2D eigenvalue weighted by Crippen LogP contribution is -2.35. The molecule has 0 saturated heterocycles. The Morgan fingerprint density at radius 1 is 1.43 bits per heavy atom. The first-order valence-corrected chi connectivity index (χ1v) is 6.71. The third-order valence-corrected chi connectivity index (χ3v) is 3.41.